The van der Waals surface area contributed by atoms with E-state index in [-0.39, 0.29) is 44.1 Å². The van der Waals surface area contributed by atoms with Crippen molar-refractivity contribution in [2.45, 2.75) is 12.8 Å². The van der Waals surface area contributed by atoms with Gasteiger partial charge in [-0.15, -0.1) is 6.07 Å². The van der Waals surface area contributed by atoms with Gasteiger partial charge in [0.15, 0.2) is 0 Å². The Morgan fingerprint density at radius 3 is 2.47 bits per heavy atom. The van der Waals surface area contributed by atoms with E-state index in [4.69, 9.17) is 13.8 Å². The van der Waals surface area contributed by atoms with Crippen molar-refractivity contribution >= 4 is 0 Å². The SMILES string of the molecule is [CH]Cc1cccc(-c2[c-]c(C[CH])c(F)cc2F)n1.[Ir]. The van der Waals surface area contributed by atoms with E-state index in [1.807, 2.05) is 0 Å². The predicted molar refractivity (Wildman–Crippen MR) is 64.4 cm³/mol. The number of aromatic nitrogens is 1. The summed E-state index contributed by atoms with van der Waals surface area (Å²) in [7, 11) is 0. The molecule has 4 heteroatoms. The maximum Gasteiger partial charge on any atom is 0.0438 e. The van der Waals surface area contributed by atoms with E-state index < -0.39 is 11.6 Å². The van der Waals surface area contributed by atoms with Gasteiger partial charge in [-0.2, -0.15) is 0 Å². The van der Waals surface area contributed by atoms with E-state index in [0.29, 0.717) is 11.4 Å². The molecular weight excluding hydrogens is 424 g/mol. The molecule has 99 valence electrons. The van der Waals surface area contributed by atoms with Crippen molar-refractivity contribution in [3.63, 3.8) is 0 Å². The molecule has 2 aromatic rings. The number of pyridine rings is 1. The maximum absolute atomic E-state index is 13.7. The summed E-state index contributed by atoms with van der Waals surface area (Å²) in [5, 5.41) is 0. The molecule has 0 saturated heterocycles. The van der Waals surface area contributed by atoms with Crippen LogP contribution in [-0.4, -0.2) is 4.98 Å². The third kappa shape index (κ3) is 3.46. The van der Waals surface area contributed by atoms with Gasteiger partial charge in [-0.25, -0.2) is 0 Å². The molecular formula is C15H10F2IrN-. The molecule has 2 rings (SSSR count). The summed E-state index contributed by atoms with van der Waals surface area (Å²) in [5.74, 6) is -1.42. The van der Waals surface area contributed by atoms with Crippen molar-refractivity contribution < 1.29 is 28.9 Å². The van der Waals surface area contributed by atoms with Crippen LogP contribution in [0, 0.1) is 31.5 Å². The van der Waals surface area contributed by atoms with Crippen LogP contribution in [0.3, 0.4) is 0 Å². The third-order valence-electron chi connectivity index (χ3n) is 2.53. The first-order valence-electron chi connectivity index (χ1n) is 5.42. The van der Waals surface area contributed by atoms with Gasteiger partial charge in [0.1, 0.15) is 0 Å². The Hall–Kier alpha value is -1.12. The average molecular weight is 434 g/mol. The normalized spacial score (nSPS) is 10.1. The fourth-order valence-corrected chi connectivity index (χ4v) is 1.61. The first-order chi connectivity index (χ1) is 8.65. The molecule has 19 heavy (non-hydrogen) atoms. The molecule has 0 fully saturated rings. The topological polar surface area (TPSA) is 12.9 Å². The largest absolute Gasteiger partial charge is 0.301 e. The zero-order valence-corrected chi connectivity index (χ0v) is 12.3. The standard InChI is InChI=1S/C15H10F2N.Ir/c1-3-10-8-12(14(17)9-13(10)16)15-7-5-6-11(4-2)18-15;/h1-2,5-7,9H,3-4H2;/q-1;. The van der Waals surface area contributed by atoms with Gasteiger partial charge in [-0.1, -0.05) is 29.3 Å². The van der Waals surface area contributed by atoms with Gasteiger partial charge < -0.3 is 4.98 Å². The first-order valence-corrected chi connectivity index (χ1v) is 5.42. The smallest absolute Gasteiger partial charge is 0.0438 e. The van der Waals surface area contributed by atoms with Gasteiger partial charge in [-0.3, -0.25) is 8.78 Å². The molecule has 0 atom stereocenters. The Kier molecular flexibility index (Phi) is 5.77. The van der Waals surface area contributed by atoms with Crippen LogP contribution < -0.4 is 0 Å². The van der Waals surface area contributed by atoms with Crippen molar-refractivity contribution in [2.24, 2.45) is 0 Å². The van der Waals surface area contributed by atoms with Crippen LogP contribution in [0.1, 0.15) is 11.3 Å². The molecule has 1 nitrogen and oxygen atoms in total. The summed E-state index contributed by atoms with van der Waals surface area (Å²) < 4.78 is 27.0. The Labute approximate surface area is 125 Å². The first kappa shape index (κ1) is 15.9. The van der Waals surface area contributed by atoms with Gasteiger partial charge >= 0.3 is 0 Å². The third-order valence-corrected chi connectivity index (χ3v) is 2.53. The van der Waals surface area contributed by atoms with E-state index in [9.17, 15) is 8.78 Å². The molecule has 0 aliphatic carbocycles. The minimum absolute atomic E-state index is 0. The molecule has 0 saturated carbocycles. The zero-order chi connectivity index (χ0) is 13.1. The number of nitrogens with zero attached hydrogens (tertiary/aromatic N) is 1. The maximum atomic E-state index is 13.7. The Morgan fingerprint density at radius 2 is 1.84 bits per heavy atom. The van der Waals surface area contributed by atoms with E-state index in [0.717, 1.165) is 6.07 Å². The monoisotopic (exact) mass is 435 g/mol. The van der Waals surface area contributed by atoms with Crippen molar-refractivity contribution in [1.29, 1.82) is 0 Å². The summed E-state index contributed by atoms with van der Waals surface area (Å²) in [6.45, 7) is 10.8. The van der Waals surface area contributed by atoms with Gasteiger partial charge in [-0.05, 0) is 38.4 Å². The van der Waals surface area contributed by atoms with Gasteiger partial charge in [0.05, 0.1) is 0 Å². The van der Waals surface area contributed by atoms with Crippen LogP contribution in [0.15, 0.2) is 24.3 Å². The second-order valence-corrected chi connectivity index (χ2v) is 3.74. The predicted octanol–water partition coefficient (Wildman–Crippen LogP) is 3.33. The van der Waals surface area contributed by atoms with Crippen LogP contribution in [0.5, 0.6) is 0 Å². The summed E-state index contributed by atoms with van der Waals surface area (Å²) in [4.78, 5) is 4.17. The van der Waals surface area contributed by atoms with E-state index in [1.165, 1.54) is 0 Å². The molecule has 0 aliphatic rings. The van der Waals surface area contributed by atoms with Crippen LogP contribution in [0.2, 0.25) is 0 Å². The molecule has 0 bridgehead atoms. The summed E-state index contributed by atoms with van der Waals surface area (Å²) in [6, 6.07) is 8.48. The Morgan fingerprint density at radius 1 is 1.11 bits per heavy atom. The van der Waals surface area contributed by atoms with Crippen molar-refractivity contribution in [3.8, 4) is 11.3 Å². The molecule has 5 radical (unpaired) electrons. The zero-order valence-electron chi connectivity index (χ0n) is 9.91. The second-order valence-electron chi connectivity index (χ2n) is 3.74. The van der Waals surface area contributed by atoms with Gasteiger partial charge in [0.2, 0.25) is 0 Å². The van der Waals surface area contributed by atoms with E-state index >= 15 is 0 Å². The Balaban J connectivity index is 0.00000180. The average Bonchev–Trinajstić information content (AvgIpc) is 2.39. The van der Waals surface area contributed by atoms with E-state index in [2.05, 4.69) is 11.1 Å². The Bertz CT molecular complexity index is 570. The van der Waals surface area contributed by atoms with Crippen LogP contribution in [0.25, 0.3) is 11.3 Å². The van der Waals surface area contributed by atoms with Crippen LogP contribution in [-0.2, 0) is 32.9 Å². The molecule has 0 amide bonds. The summed E-state index contributed by atoms with van der Waals surface area (Å²) >= 11 is 0. The minimum atomic E-state index is -0.716. The molecule has 0 aliphatic heterocycles. The molecule has 1 aromatic heterocycles. The fourth-order valence-electron chi connectivity index (χ4n) is 1.61. The quantitative estimate of drug-likeness (QED) is 0.676. The summed E-state index contributed by atoms with van der Waals surface area (Å²) in [6.07, 6.45) is 0.204. The summed E-state index contributed by atoms with van der Waals surface area (Å²) in [5.41, 5.74) is 1.22. The van der Waals surface area contributed by atoms with Crippen molar-refractivity contribution in [1.82, 2.24) is 4.98 Å². The van der Waals surface area contributed by atoms with Crippen LogP contribution in [0.4, 0.5) is 8.78 Å². The van der Waals surface area contributed by atoms with Crippen molar-refractivity contribution in [3.05, 3.63) is 67.1 Å². The van der Waals surface area contributed by atoms with Crippen molar-refractivity contribution in [2.75, 3.05) is 0 Å². The second kappa shape index (κ2) is 6.88. The molecule has 0 N–H and O–H groups in total. The molecule has 1 aromatic carbocycles. The molecule has 1 heterocycles. The van der Waals surface area contributed by atoms with E-state index in [1.54, 1.807) is 18.2 Å². The van der Waals surface area contributed by atoms with Gasteiger partial charge in [0.25, 0.3) is 0 Å². The number of hydrogen-bond acceptors (Lipinski definition) is 1. The van der Waals surface area contributed by atoms with Gasteiger partial charge in [0, 0.05) is 37.4 Å². The van der Waals surface area contributed by atoms with Crippen LogP contribution >= 0.6 is 0 Å². The number of halogens is 2. The fraction of sp³-hybridized carbons (Fsp3) is 0.133. The minimum Gasteiger partial charge on any atom is -0.301 e. The number of hydrogen-bond donors (Lipinski definition) is 0. The molecule has 0 spiro atoms. The number of benzene rings is 1. The molecule has 0 unspecified atom stereocenters. The number of rotatable bonds is 3.